The average molecular weight is 325 g/mol. The van der Waals surface area contributed by atoms with Gasteiger partial charge in [0.1, 0.15) is 5.82 Å². The summed E-state index contributed by atoms with van der Waals surface area (Å²) in [6.07, 6.45) is 6.22. The summed E-state index contributed by atoms with van der Waals surface area (Å²) in [5, 5.41) is 3.99. The van der Waals surface area contributed by atoms with Crippen molar-refractivity contribution in [2.45, 2.75) is 45.1 Å². The van der Waals surface area contributed by atoms with Crippen molar-refractivity contribution in [1.29, 1.82) is 0 Å². The summed E-state index contributed by atoms with van der Waals surface area (Å²) < 4.78 is 14.9. The van der Waals surface area contributed by atoms with Gasteiger partial charge in [-0.1, -0.05) is 36.9 Å². The highest BCUT2D eigenvalue weighted by Crippen LogP contribution is 2.42. The molecule has 0 unspecified atom stereocenters. The molecule has 122 valence electrons. The fourth-order valence-electron chi connectivity index (χ4n) is 4.08. The van der Waals surface area contributed by atoms with Gasteiger partial charge in [0.15, 0.2) is 0 Å². The number of hydrogen-bond acceptors (Lipinski definition) is 2. The van der Waals surface area contributed by atoms with Gasteiger partial charge in [0.05, 0.1) is 0 Å². The first-order valence-electron chi connectivity index (χ1n) is 8.57. The Balaban J connectivity index is 1.98. The molecule has 1 heterocycles. The molecule has 1 aromatic carbocycles. The zero-order valence-electron chi connectivity index (χ0n) is 13.4. The Kier molecular flexibility index (Phi) is 5.37. The maximum Gasteiger partial charge on any atom is 0.132 e. The Morgan fingerprint density at radius 1 is 1.18 bits per heavy atom. The zero-order valence-corrected chi connectivity index (χ0v) is 14.1. The van der Waals surface area contributed by atoms with Crippen molar-refractivity contribution < 1.29 is 4.39 Å². The van der Waals surface area contributed by atoms with E-state index in [-0.39, 0.29) is 11.9 Å². The van der Waals surface area contributed by atoms with Crippen molar-refractivity contribution in [2.24, 2.45) is 5.92 Å². The van der Waals surface area contributed by atoms with E-state index < -0.39 is 0 Å². The minimum absolute atomic E-state index is 0.0957. The smallest absolute Gasteiger partial charge is 0.132 e. The quantitative estimate of drug-likeness (QED) is 0.891. The van der Waals surface area contributed by atoms with Gasteiger partial charge in [0.2, 0.25) is 0 Å². The molecule has 3 rings (SSSR count). The fraction of sp³-hybridized carbons (Fsp3) is 0.667. The van der Waals surface area contributed by atoms with E-state index in [1.165, 1.54) is 32.1 Å². The number of nitrogens with zero attached hydrogens (tertiary/aromatic N) is 1. The van der Waals surface area contributed by atoms with Crippen LogP contribution in [-0.4, -0.2) is 31.1 Å². The molecular formula is C18H26ClFN2. The molecule has 1 saturated carbocycles. The molecule has 0 radical (unpaired) electrons. The number of halogens is 2. The highest BCUT2D eigenvalue weighted by atomic mass is 35.5. The molecule has 0 spiro atoms. The third kappa shape index (κ3) is 3.32. The molecule has 2 nitrogen and oxygen atoms in total. The van der Waals surface area contributed by atoms with Crippen molar-refractivity contribution in [1.82, 2.24) is 10.2 Å². The summed E-state index contributed by atoms with van der Waals surface area (Å²) in [6, 6.07) is 3.79. The zero-order chi connectivity index (χ0) is 15.5. The van der Waals surface area contributed by atoms with E-state index in [1.54, 1.807) is 6.07 Å². The predicted octanol–water partition coefficient (Wildman–Crippen LogP) is 4.31. The van der Waals surface area contributed by atoms with Crippen LogP contribution in [0.5, 0.6) is 0 Å². The molecule has 1 aromatic rings. The van der Waals surface area contributed by atoms with Crippen molar-refractivity contribution in [2.75, 3.05) is 26.2 Å². The van der Waals surface area contributed by atoms with Crippen LogP contribution in [0.1, 0.15) is 49.3 Å². The van der Waals surface area contributed by atoms with E-state index in [1.807, 2.05) is 13.0 Å². The van der Waals surface area contributed by atoms with Crippen LogP contribution in [0.3, 0.4) is 0 Å². The lowest BCUT2D eigenvalue weighted by molar-refractivity contribution is 0.101. The molecule has 1 saturated heterocycles. The Bertz CT molecular complexity index is 490. The van der Waals surface area contributed by atoms with Gasteiger partial charge in [-0.05, 0) is 37.3 Å². The molecule has 1 N–H and O–H groups in total. The van der Waals surface area contributed by atoms with Gasteiger partial charge < -0.3 is 5.32 Å². The van der Waals surface area contributed by atoms with E-state index in [0.717, 1.165) is 31.7 Å². The first-order valence-corrected chi connectivity index (χ1v) is 8.95. The van der Waals surface area contributed by atoms with Crippen LogP contribution < -0.4 is 5.32 Å². The number of hydrogen-bond donors (Lipinski definition) is 1. The molecule has 22 heavy (non-hydrogen) atoms. The van der Waals surface area contributed by atoms with Crippen LogP contribution >= 0.6 is 11.6 Å². The molecule has 1 atom stereocenters. The Morgan fingerprint density at radius 2 is 1.86 bits per heavy atom. The van der Waals surface area contributed by atoms with Crippen molar-refractivity contribution in [3.05, 3.63) is 34.1 Å². The van der Waals surface area contributed by atoms with Gasteiger partial charge in [-0.3, -0.25) is 4.90 Å². The van der Waals surface area contributed by atoms with Gasteiger partial charge in [-0.2, -0.15) is 0 Å². The van der Waals surface area contributed by atoms with E-state index >= 15 is 0 Å². The average Bonchev–Trinajstić information content (AvgIpc) is 2.57. The molecule has 2 fully saturated rings. The van der Waals surface area contributed by atoms with Crippen LogP contribution in [-0.2, 0) is 0 Å². The standard InChI is InChI=1S/C18H26ClFN2/c1-13-7-8-15(19)16(17(13)20)18(14-5-3-2-4-6-14)22-11-9-21-10-12-22/h7-8,14,18,21H,2-6,9-12H2,1H3/t18-/m0/s1. The number of rotatable bonds is 3. The van der Waals surface area contributed by atoms with Gasteiger partial charge in [0.25, 0.3) is 0 Å². The summed E-state index contributed by atoms with van der Waals surface area (Å²) in [5.74, 6) is 0.433. The second-order valence-electron chi connectivity index (χ2n) is 6.72. The molecule has 4 heteroatoms. The molecule has 0 aromatic heterocycles. The number of benzene rings is 1. The lowest BCUT2D eigenvalue weighted by atomic mass is 9.79. The summed E-state index contributed by atoms with van der Waals surface area (Å²) in [4.78, 5) is 2.45. The maximum absolute atomic E-state index is 14.9. The van der Waals surface area contributed by atoms with Crippen LogP contribution in [0.15, 0.2) is 12.1 Å². The van der Waals surface area contributed by atoms with Crippen molar-refractivity contribution in [3.8, 4) is 0 Å². The fourth-order valence-corrected chi connectivity index (χ4v) is 4.33. The van der Waals surface area contributed by atoms with Crippen LogP contribution in [0, 0.1) is 18.7 Å². The Labute approximate surface area is 138 Å². The number of piperazine rings is 1. The summed E-state index contributed by atoms with van der Waals surface area (Å²) in [5.41, 5.74) is 1.45. The monoisotopic (exact) mass is 324 g/mol. The predicted molar refractivity (Wildman–Crippen MR) is 89.9 cm³/mol. The van der Waals surface area contributed by atoms with E-state index in [0.29, 0.717) is 16.5 Å². The maximum atomic E-state index is 14.9. The van der Waals surface area contributed by atoms with Crippen molar-refractivity contribution in [3.63, 3.8) is 0 Å². The second kappa shape index (κ2) is 7.29. The molecule has 2 aliphatic rings. The van der Waals surface area contributed by atoms with Crippen LogP contribution in [0.4, 0.5) is 4.39 Å². The van der Waals surface area contributed by atoms with E-state index in [4.69, 9.17) is 11.6 Å². The van der Waals surface area contributed by atoms with Gasteiger partial charge >= 0.3 is 0 Å². The first kappa shape index (κ1) is 16.2. The normalized spacial score (nSPS) is 22.7. The minimum Gasteiger partial charge on any atom is -0.314 e. The molecular weight excluding hydrogens is 299 g/mol. The highest BCUT2D eigenvalue weighted by Gasteiger charge is 2.34. The summed E-state index contributed by atoms with van der Waals surface area (Å²) in [7, 11) is 0. The van der Waals surface area contributed by atoms with E-state index in [9.17, 15) is 4.39 Å². The lowest BCUT2D eigenvalue weighted by Crippen LogP contribution is -2.47. The second-order valence-corrected chi connectivity index (χ2v) is 7.13. The minimum atomic E-state index is -0.0957. The van der Waals surface area contributed by atoms with Crippen LogP contribution in [0.25, 0.3) is 0 Å². The van der Waals surface area contributed by atoms with Gasteiger partial charge in [-0.15, -0.1) is 0 Å². The topological polar surface area (TPSA) is 15.3 Å². The Hall–Kier alpha value is -0.640. The molecule has 1 aliphatic heterocycles. The number of nitrogens with one attached hydrogen (secondary N) is 1. The van der Waals surface area contributed by atoms with E-state index in [2.05, 4.69) is 10.2 Å². The first-order chi connectivity index (χ1) is 10.7. The van der Waals surface area contributed by atoms with Gasteiger partial charge in [-0.25, -0.2) is 4.39 Å². The third-order valence-electron chi connectivity index (χ3n) is 5.26. The lowest BCUT2D eigenvalue weighted by Gasteiger charge is -2.41. The molecule has 0 amide bonds. The van der Waals surface area contributed by atoms with Gasteiger partial charge in [0, 0.05) is 42.8 Å². The molecule has 0 bridgehead atoms. The highest BCUT2D eigenvalue weighted by molar-refractivity contribution is 6.31. The van der Waals surface area contributed by atoms with Crippen molar-refractivity contribution >= 4 is 11.6 Å². The summed E-state index contributed by atoms with van der Waals surface area (Å²) in [6.45, 7) is 5.75. The molecule has 1 aliphatic carbocycles. The van der Waals surface area contributed by atoms with Crippen LogP contribution in [0.2, 0.25) is 5.02 Å². The third-order valence-corrected chi connectivity index (χ3v) is 5.59. The number of aryl methyl sites for hydroxylation is 1. The Morgan fingerprint density at radius 3 is 2.55 bits per heavy atom. The summed E-state index contributed by atoms with van der Waals surface area (Å²) >= 11 is 6.45. The largest absolute Gasteiger partial charge is 0.314 e. The SMILES string of the molecule is Cc1ccc(Cl)c([C@H](C2CCCCC2)N2CCNCC2)c1F.